The van der Waals surface area contributed by atoms with E-state index >= 15 is 0 Å². The smallest absolute Gasteiger partial charge is 0.196 e. The van der Waals surface area contributed by atoms with E-state index in [1.165, 1.54) is 8.93 Å². The lowest BCUT2D eigenvalue weighted by molar-refractivity contribution is -0.284. The van der Waals surface area contributed by atoms with Gasteiger partial charge in [-0.25, -0.2) is 0 Å². The fourth-order valence-electron chi connectivity index (χ4n) is 0.490. The molecule has 0 radical (unpaired) electrons. The molecule has 12 heavy (non-hydrogen) atoms. The topological polar surface area (TPSA) is 0 Å². The van der Waals surface area contributed by atoms with Crippen molar-refractivity contribution in [3.63, 3.8) is 0 Å². The molecule has 0 aromatic heterocycles. The summed E-state index contributed by atoms with van der Waals surface area (Å²) in [7, 11) is 1.22. The van der Waals surface area contributed by atoms with Gasteiger partial charge in [-0.3, -0.25) is 0 Å². The van der Waals surface area contributed by atoms with Gasteiger partial charge in [0.05, 0.1) is 0 Å². The Bertz CT molecular complexity index is 134. The highest BCUT2D eigenvalue weighted by molar-refractivity contribution is 14.2. The van der Waals surface area contributed by atoms with E-state index in [0.717, 1.165) is 0 Å². The summed E-state index contributed by atoms with van der Waals surface area (Å²) in [5, 5.41) is 0. The average Bonchev–Trinajstić information content (AvgIpc) is 1.85. The van der Waals surface area contributed by atoms with Crippen LogP contribution in [0, 0.1) is 0 Å². The van der Waals surface area contributed by atoms with Crippen LogP contribution in [0.3, 0.4) is 0 Å². The Morgan fingerprint density at radius 3 is 1.92 bits per heavy atom. The van der Waals surface area contributed by atoms with E-state index in [-0.39, 0.29) is 6.42 Å². The lowest BCUT2D eigenvalue weighted by atomic mass is 10.2. The van der Waals surface area contributed by atoms with Crippen LogP contribution < -0.4 is 0 Å². The fraction of sp³-hybridized carbons (Fsp3) is 1.00. The SMILES string of the molecule is FC(F)(F)C(F)(F)CCCSI. The van der Waals surface area contributed by atoms with E-state index in [4.69, 9.17) is 0 Å². The molecule has 0 spiro atoms. The molecule has 0 heterocycles. The third-order valence-electron chi connectivity index (χ3n) is 1.13. The number of hydrogen-bond donors (Lipinski definition) is 0. The molecule has 0 atom stereocenters. The molecule has 0 bridgehead atoms. The third kappa shape index (κ3) is 4.11. The predicted octanol–water partition coefficient (Wildman–Crippen LogP) is 4.05. The van der Waals surface area contributed by atoms with Crippen molar-refractivity contribution in [1.29, 1.82) is 0 Å². The van der Waals surface area contributed by atoms with Crippen LogP contribution in [0.1, 0.15) is 12.8 Å². The lowest BCUT2D eigenvalue weighted by Gasteiger charge is -2.18. The van der Waals surface area contributed by atoms with Gasteiger partial charge in [-0.2, -0.15) is 22.0 Å². The minimum atomic E-state index is -5.40. The quantitative estimate of drug-likeness (QED) is 0.428. The van der Waals surface area contributed by atoms with Gasteiger partial charge in [0.2, 0.25) is 0 Å². The largest absolute Gasteiger partial charge is 0.453 e. The van der Waals surface area contributed by atoms with Crippen molar-refractivity contribution < 1.29 is 22.0 Å². The van der Waals surface area contributed by atoms with Crippen molar-refractivity contribution in [2.45, 2.75) is 24.9 Å². The molecule has 0 aliphatic carbocycles. The Labute approximate surface area is 82.9 Å². The number of alkyl halides is 5. The molecule has 7 heteroatoms. The third-order valence-corrected chi connectivity index (χ3v) is 2.89. The Balaban J connectivity index is 3.88. The Morgan fingerprint density at radius 1 is 1.08 bits per heavy atom. The molecule has 0 unspecified atom stereocenters. The molecule has 0 aliphatic heterocycles. The van der Waals surface area contributed by atoms with Crippen molar-refractivity contribution >= 4 is 30.1 Å². The van der Waals surface area contributed by atoms with Crippen molar-refractivity contribution in [2.75, 3.05) is 5.75 Å². The van der Waals surface area contributed by atoms with E-state index in [1.807, 2.05) is 21.2 Å². The minimum Gasteiger partial charge on any atom is -0.196 e. The Kier molecular flexibility index (Phi) is 5.12. The van der Waals surface area contributed by atoms with Gasteiger partial charge >= 0.3 is 12.1 Å². The molecule has 0 saturated carbocycles. The highest BCUT2D eigenvalue weighted by Gasteiger charge is 2.56. The first-order chi connectivity index (χ1) is 5.31. The zero-order valence-corrected chi connectivity index (χ0v) is 8.77. The van der Waals surface area contributed by atoms with E-state index in [0.29, 0.717) is 5.75 Å². The normalized spacial score (nSPS) is 13.5. The van der Waals surface area contributed by atoms with Crippen molar-refractivity contribution in [2.24, 2.45) is 0 Å². The summed E-state index contributed by atoms with van der Waals surface area (Å²) in [6.45, 7) is 0. The van der Waals surface area contributed by atoms with Crippen molar-refractivity contribution in [1.82, 2.24) is 0 Å². The molecule has 0 rings (SSSR count). The second-order valence-corrected chi connectivity index (χ2v) is 4.61. The van der Waals surface area contributed by atoms with Crippen LogP contribution in [0.5, 0.6) is 0 Å². The molecule has 74 valence electrons. The number of halogens is 6. The van der Waals surface area contributed by atoms with Gasteiger partial charge in [-0.15, -0.1) is 0 Å². The molecule has 0 aromatic rings. The molecule has 0 nitrogen and oxygen atoms in total. The van der Waals surface area contributed by atoms with Crippen LogP contribution in [-0.4, -0.2) is 17.9 Å². The first-order valence-corrected chi connectivity index (χ1v) is 6.52. The van der Waals surface area contributed by atoms with E-state index < -0.39 is 18.5 Å². The van der Waals surface area contributed by atoms with E-state index in [1.54, 1.807) is 0 Å². The van der Waals surface area contributed by atoms with Crippen molar-refractivity contribution in [3.05, 3.63) is 0 Å². The summed E-state index contributed by atoms with van der Waals surface area (Å²) in [4.78, 5) is 0. The summed E-state index contributed by atoms with van der Waals surface area (Å²) in [5.74, 6) is -4.22. The summed E-state index contributed by atoms with van der Waals surface area (Å²) in [6, 6.07) is 0. The summed E-state index contributed by atoms with van der Waals surface area (Å²) in [5.41, 5.74) is 0. The van der Waals surface area contributed by atoms with Gasteiger partial charge < -0.3 is 0 Å². The van der Waals surface area contributed by atoms with E-state index in [9.17, 15) is 22.0 Å². The van der Waals surface area contributed by atoms with Crippen LogP contribution in [-0.2, 0) is 0 Å². The molecule has 0 amide bonds. The highest BCUT2D eigenvalue weighted by atomic mass is 127. The zero-order chi connectivity index (χ0) is 9.83. The maximum atomic E-state index is 12.1. The predicted molar refractivity (Wildman–Crippen MR) is 46.7 cm³/mol. The maximum Gasteiger partial charge on any atom is 0.453 e. The first-order valence-electron chi connectivity index (χ1n) is 2.99. The average molecular weight is 320 g/mol. The molecule has 0 saturated heterocycles. The van der Waals surface area contributed by atoms with Gasteiger partial charge in [0, 0.05) is 12.2 Å². The van der Waals surface area contributed by atoms with Crippen LogP contribution in [0.2, 0.25) is 0 Å². The molecule has 0 N–H and O–H groups in total. The molecule has 0 fully saturated rings. The molecular weight excluding hydrogens is 314 g/mol. The second-order valence-electron chi connectivity index (χ2n) is 2.12. The van der Waals surface area contributed by atoms with Crippen LogP contribution >= 0.6 is 30.1 Å². The van der Waals surface area contributed by atoms with Crippen molar-refractivity contribution in [3.8, 4) is 0 Å². The summed E-state index contributed by atoms with van der Waals surface area (Å²) in [6.07, 6.45) is -6.64. The first kappa shape index (κ1) is 12.7. The Morgan fingerprint density at radius 2 is 1.58 bits per heavy atom. The fourth-order valence-corrected chi connectivity index (χ4v) is 1.68. The van der Waals surface area contributed by atoms with Gasteiger partial charge in [0.25, 0.3) is 0 Å². The Hall–Kier alpha value is 0.730. The van der Waals surface area contributed by atoms with Gasteiger partial charge in [0.1, 0.15) is 0 Å². The summed E-state index contributed by atoms with van der Waals surface area (Å²) >= 11 is 1.85. The van der Waals surface area contributed by atoms with Gasteiger partial charge in [0.15, 0.2) is 0 Å². The van der Waals surface area contributed by atoms with Gasteiger partial charge in [-0.1, -0.05) is 8.93 Å². The molecular formula is C5H6F5IS. The van der Waals surface area contributed by atoms with Gasteiger partial charge in [-0.05, 0) is 27.6 Å². The second kappa shape index (κ2) is 4.83. The molecule has 0 aliphatic rings. The standard InChI is InChI=1S/C5H6F5IS/c6-4(7,5(8,9)10)2-1-3-12-11/h1-3H2. The van der Waals surface area contributed by atoms with Crippen LogP contribution in [0.4, 0.5) is 22.0 Å². The monoisotopic (exact) mass is 320 g/mol. The zero-order valence-electron chi connectivity index (χ0n) is 5.80. The number of hydrogen-bond acceptors (Lipinski definition) is 1. The molecule has 0 aromatic carbocycles. The minimum absolute atomic E-state index is 0.125. The number of rotatable bonds is 4. The van der Waals surface area contributed by atoms with Crippen LogP contribution in [0.15, 0.2) is 0 Å². The highest BCUT2D eigenvalue weighted by Crippen LogP contribution is 2.39. The van der Waals surface area contributed by atoms with E-state index in [2.05, 4.69) is 0 Å². The lowest BCUT2D eigenvalue weighted by Crippen LogP contribution is -2.36. The summed E-state index contributed by atoms with van der Waals surface area (Å²) < 4.78 is 58.7. The van der Waals surface area contributed by atoms with Crippen LogP contribution in [0.25, 0.3) is 0 Å². The maximum absolute atomic E-state index is 12.1.